The minimum absolute atomic E-state index is 0.0206. The average molecular weight is 230 g/mol. The summed E-state index contributed by atoms with van der Waals surface area (Å²) < 4.78 is 5.46. The van der Waals surface area contributed by atoms with E-state index in [9.17, 15) is 9.90 Å². The highest BCUT2D eigenvalue weighted by molar-refractivity contribution is 5.71. The van der Waals surface area contributed by atoms with Crippen molar-refractivity contribution in [3.8, 4) is 0 Å². The second-order valence-corrected chi connectivity index (χ2v) is 5.13. The molecule has 1 N–H and O–H groups in total. The number of carbonyl (C=O) groups is 1. The zero-order valence-corrected chi connectivity index (χ0v) is 11.4. The number of ether oxygens (including phenoxy) is 1. The van der Waals surface area contributed by atoms with Crippen molar-refractivity contribution in [2.75, 3.05) is 0 Å². The van der Waals surface area contributed by atoms with Crippen molar-refractivity contribution in [3.05, 3.63) is 0 Å². The van der Waals surface area contributed by atoms with Gasteiger partial charge in [0.05, 0.1) is 12.0 Å². The summed E-state index contributed by atoms with van der Waals surface area (Å²) in [6.07, 6.45) is 0.0705. The molecule has 0 radical (unpaired) electrons. The van der Waals surface area contributed by atoms with Gasteiger partial charge in [-0.05, 0) is 12.3 Å². The molecular weight excluding hydrogens is 204 g/mol. The molecule has 0 aromatic heterocycles. The zero-order chi connectivity index (χ0) is 12.9. The van der Waals surface area contributed by atoms with Crippen LogP contribution in [0.25, 0.3) is 0 Å². The molecule has 0 rings (SSSR count). The van der Waals surface area contributed by atoms with Gasteiger partial charge in [-0.15, -0.1) is 0 Å². The molecule has 0 aliphatic carbocycles. The van der Waals surface area contributed by atoms with E-state index in [0.29, 0.717) is 6.42 Å². The lowest BCUT2D eigenvalue weighted by molar-refractivity contribution is -0.161. The third-order valence-electron chi connectivity index (χ3n) is 2.92. The Morgan fingerprint density at radius 3 is 2.00 bits per heavy atom. The summed E-state index contributed by atoms with van der Waals surface area (Å²) in [5, 5.41) is 9.81. The summed E-state index contributed by atoms with van der Waals surface area (Å²) in [5.74, 6) is -0.104. The zero-order valence-electron chi connectivity index (χ0n) is 11.4. The maximum absolute atomic E-state index is 11.6. The molecule has 0 aliphatic heterocycles. The average Bonchev–Trinajstić information content (AvgIpc) is 2.22. The molecule has 3 atom stereocenters. The van der Waals surface area contributed by atoms with Gasteiger partial charge in [-0.2, -0.15) is 0 Å². The van der Waals surface area contributed by atoms with E-state index in [1.165, 1.54) is 0 Å². The van der Waals surface area contributed by atoms with Crippen LogP contribution < -0.4 is 0 Å². The maximum Gasteiger partial charge on any atom is 0.308 e. The van der Waals surface area contributed by atoms with Gasteiger partial charge in [0.1, 0.15) is 6.10 Å². The molecular formula is C13H26O3. The Labute approximate surface area is 99.2 Å². The van der Waals surface area contributed by atoms with E-state index in [1.54, 1.807) is 0 Å². The largest absolute Gasteiger partial charge is 0.462 e. The van der Waals surface area contributed by atoms with Crippen LogP contribution in [0.3, 0.4) is 0 Å². The van der Waals surface area contributed by atoms with Crippen molar-refractivity contribution in [3.63, 3.8) is 0 Å². The van der Waals surface area contributed by atoms with Gasteiger partial charge in [0.2, 0.25) is 0 Å². The molecule has 3 heteroatoms. The van der Waals surface area contributed by atoms with Crippen LogP contribution in [0.5, 0.6) is 0 Å². The fourth-order valence-corrected chi connectivity index (χ4v) is 1.71. The van der Waals surface area contributed by atoms with Crippen LogP contribution in [0.2, 0.25) is 0 Å². The van der Waals surface area contributed by atoms with E-state index in [0.717, 1.165) is 0 Å². The van der Waals surface area contributed by atoms with E-state index in [1.807, 2.05) is 41.5 Å². The van der Waals surface area contributed by atoms with Crippen LogP contribution in [0.15, 0.2) is 0 Å². The molecule has 0 aliphatic rings. The third kappa shape index (κ3) is 4.52. The molecule has 0 unspecified atom stereocenters. The summed E-state index contributed by atoms with van der Waals surface area (Å²) in [6, 6.07) is 0. The molecule has 0 bridgehead atoms. The SMILES string of the molecule is CC[C@H](O)[C@@H](C)[C@@H](OC(=O)C(C)C)C(C)C. The van der Waals surface area contributed by atoms with Gasteiger partial charge in [-0.1, -0.05) is 41.5 Å². The molecule has 96 valence electrons. The van der Waals surface area contributed by atoms with Crippen molar-refractivity contribution in [1.82, 2.24) is 0 Å². The summed E-state index contributed by atoms with van der Waals surface area (Å²) in [6.45, 7) is 11.5. The highest BCUT2D eigenvalue weighted by Crippen LogP contribution is 2.22. The van der Waals surface area contributed by atoms with Crippen molar-refractivity contribution >= 4 is 5.97 Å². The number of esters is 1. The van der Waals surface area contributed by atoms with E-state index >= 15 is 0 Å². The smallest absolute Gasteiger partial charge is 0.308 e. The first-order chi connectivity index (χ1) is 7.31. The van der Waals surface area contributed by atoms with Crippen molar-refractivity contribution in [2.24, 2.45) is 17.8 Å². The van der Waals surface area contributed by atoms with Gasteiger partial charge in [-0.25, -0.2) is 0 Å². The monoisotopic (exact) mass is 230 g/mol. The summed E-state index contributed by atoms with van der Waals surface area (Å²) >= 11 is 0. The second-order valence-electron chi connectivity index (χ2n) is 5.13. The second kappa shape index (κ2) is 6.89. The lowest BCUT2D eigenvalue weighted by atomic mass is 9.89. The maximum atomic E-state index is 11.6. The molecule has 0 saturated heterocycles. The van der Waals surface area contributed by atoms with Crippen molar-refractivity contribution in [2.45, 2.75) is 60.2 Å². The van der Waals surface area contributed by atoms with E-state index in [2.05, 4.69) is 0 Å². The van der Waals surface area contributed by atoms with Gasteiger partial charge >= 0.3 is 5.97 Å². The van der Waals surface area contributed by atoms with Gasteiger partial charge in [-0.3, -0.25) is 4.79 Å². The minimum atomic E-state index is -0.410. The molecule has 0 fully saturated rings. The number of aliphatic hydroxyl groups excluding tert-OH is 1. The normalized spacial score (nSPS) is 17.3. The van der Waals surface area contributed by atoms with Crippen LogP contribution in [0.4, 0.5) is 0 Å². The van der Waals surface area contributed by atoms with Crippen LogP contribution in [-0.4, -0.2) is 23.3 Å². The number of aliphatic hydroxyl groups is 1. The van der Waals surface area contributed by atoms with Gasteiger partial charge in [0, 0.05) is 5.92 Å². The first-order valence-electron chi connectivity index (χ1n) is 6.19. The Kier molecular flexibility index (Phi) is 6.65. The Hall–Kier alpha value is -0.570. The lowest BCUT2D eigenvalue weighted by Crippen LogP contribution is -2.37. The fourth-order valence-electron chi connectivity index (χ4n) is 1.71. The highest BCUT2D eigenvalue weighted by atomic mass is 16.5. The predicted octanol–water partition coefficient (Wildman–Crippen LogP) is 2.62. The molecule has 0 aromatic rings. The minimum Gasteiger partial charge on any atom is -0.462 e. The molecule has 16 heavy (non-hydrogen) atoms. The Bertz CT molecular complexity index is 211. The van der Waals surface area contributed by atoms with Crippen LogP contribution in [0.1, 0.15) is 48.0 Å². The molecule has 3 nitrogen and oxygen atoms in total. The molecule has 0 heterocycles. The van der Waals surface area contributed by atoms with E-state index < -0.39 is 6.10 Å². The van der Waals surface area contributed by atoms with E-state index in [-0.39, 0.29) is 29.8 Å². The van der Waals surface area contributed by atoms with Crippen LogP contribution in [0, 0.1) is 17.8 Å². The Morgan fingerprint density at radius 1 is 1.19 bits per heavy atom. The standard InChI is InChI=1S/C13H26O3/c1-7-11(14)10(6)12(8(2)3)16-13(15)9(4)5/h8-12,14H,7H2,1-6H3/t10-,11+,12+/m1/s1. The topological polar surface area (TPSA) is 46.5 Å². The first-order valence-corrected chi connectivity index (χ1v) is 6.19. The Morgan fingerprint density at radius 2 is 1.69 bits per heavy atom. The summed E-state index contributed by atoms with van der Waals surface area (Å²) in [7, 11) is 0. The molecule has 0 spiro atoms. The number of hydrogen-bond donors (Lipinski definition) is 1. The summed E-state index contributed by atoms with van der Waals surface area (Å²) in [4.78, 5) is 11.6. The number of carbonyl (C=O) groups excluding carboxylic acids is 1. The van der Waals surface area contributed by atoms with Gasteiger partial charge < -0.3 is 9.84 Å². The third-order valence-corrected chi connectivity index (χ3v) is 2.92. The van der Waals surface area contributed by atoms with Gasteiger partial charge in [0.25, 0.3) is 0 Å². The molecule has 0 saturated carbocycles. The fraction of sp³-hybridized carbons (Fsp3) is 0.923. The highest BCUT2D eigenvalue weighted by Gasteiger charge is 2.29. The van der Waals surface area contributed by atoms with Crippen molar-refractivity contribution < 1.29 is 14.6 Å². The summed E-state index contributed by atoms with van der Waals surface area (Å²) in [5.41, 5.74) is 0. The predicted molar refractivity (Wildman–Crippen MR) is 65.0 cm³/mol. The number of hydrogen-bond acceptors (Lipinski definition) is 3. The molecule has 0 amide bonds. The van der Waals surface area contributed by atoms with Gasteiger partial charge in [0.15, 0.2) is 0 Å². The van der Waals surface area contributed by atoms with Crippen LogP contribution >= 0.6 is 0 Å². The number of rotatable bonds is 6. The van der Waals surface area contributed by atoms with Crippen molar-refractivity contribution in [1.29, 1.82) is 0 Å². The quantitative estimate of drug-likeness (QED) is 0.713. The lowest BCUT2D eigenvalue weighted by Gasteiger charge is -2.30. The van der Waals surface area contributed by atoms with E-state index in [4.69, 9.17) is 4.74 Å². The molecule has 0 aromatic carbocycles. The van der Waals surface area contributed by atoms with Crippen LogP contribution in [-0.2, 0) is 9.53 Å². The first kappa shape index (κ1) is 15.4. The Balaban J connectivity index is 4.55.